The normalized spacial score (nSPS) is 10.9. The lowest BCUT2D eigenvalue weighted by molar-refractivity contribution is 0.0951. The Hall–Kier alpha value is -4.23. The highest BCUT2D eigenvalue weighted by Gasteiger charge is 2.11. The zero-order chi connectivity index (χ0) is 22.3. The van der Waals surface area contributed by atoms with Gasteiger partial charge in [-0.1, -0.05) is 30.3 Å². The summed E-state index contributed by atoms with van der Waals surface area (Å²) in [6, 6.07) is 21.0. The first-order chi connectivity index (χ1) is 15.7. The molecule has 1 heterocycles. The molecule has 0 spiro atoms. The van der Waals surface area contributed by atoms with E-state index in [1.54, 1.807) is 37.6 Å². The summed E-state index contributed by atoms with van der Waals surface area (Å²) >= 11 is 0. The number of aliphatic imine (C=N–C) groups is 1. The SMILES string of the molecule is COc1cccc(-c2ccc(CNC(=O)c3cccc(N=CNN)c3)c3cnccc23)c1. The molecule has 0 fully saturated rings. The lowest BCUT2D eigenvalue weighted by Crippen LogP contribution is -2.22. The highest BCUT2D eigenvalue weighted by Crippen LogP contribution is 2.32. The van der Waals surface area contributed by atoms with Crippen LogP contribution in [0.1, 0.15) is 15.9 Å². The van der Waals surface area contributed by atoms with Crippen LogP contribution in [0.15, 0.2) is 84.1 Å². The van der Waals surface area contributed by atoms with E-state index in [0.717, 1.165) is 33.2 Å². The van der Waals surface area contributed by atoms with Crippen molar-refractivity contribution in [3.8, 4) is 16.9 Å². The summed E-state index contributed by atoms with van der Waals surface area (Å²) in [6.07, 6.45) is 4.96. The molecule has 0 bridgehead atoms. The van der Waals surface area contributed by atoms with Crippen molar-refractivity contribution in [1.82, 2.24) is 15.7 Å². The van der Waals surface area contributed by atoms with Crippen LogP contribution in [0, 0.1) is 0 Å². The monoisotopic (exact) mass is 425 g/mol. The Morgan fingerprint density at radius 2 is 1.97 bits per heavy atom. The Bertz CT molecular complexity index is 1290. The fourth-order valence-electron chi connectivity index (χ4n) is 3.56. The molecule has 0 radical (unpaired) electrons. The van der Waals surface area contributed by atoms with Crippen LogP contribution in [0.25, 0.3) is 21.9 Å². The number of ether oxygens (including phenoxy) is 1. The molecular formula is C25H23N5O2. The third-order valence-electron chi connectivity index (χ3n) is 5.13. The topological polar surface area (TPSA) is 102 Å². The quantitative estimate of drug-likeness (QED) is 0.180. The van der Waals surface area contributed by atoms with Gasteiger partial charge in [0.25, 0.3) is 5.91 Å². The summed E-state index contributed by atoms with van der Waals surface area (Å²) in [7, 11) is 1.66. The summed E-state index contributed by atoms with van der Waals surface area (Å²) in [5.74, 6) is 5.82. The average Bonchev–Trinajstić information content (AvgIpc) is 2.86. The van der Waals surface area contributed by atoms with Crippen LogP contribution in [0.3, 0.4) is 0 Å². The number of carbonyl (C=O) groups is 1. The minimum atomic E-state index is -0.184. The number of rotatable bonds is 7. The maximum Gasteiger partial charge on any atom is 0.251 e. The zero-order valence-electron chi connectivity index (χ0n) is 17.6. The fraction of sp³-hybridized carbons (Fsp3) is 0.0800. The van der Waals surface area contributed by atoms with E-state index in [0.29, 0.717) is 17.8 Å². The van der Waals surface area contributed by atoms with Gasteiger partial charge in [-0.2, -0.15) is 0 Å². The van der Waals surface area contributed by atoms with E-state index >= 15 is 0 Å². The van der Waals surface area contributed by atoms with E-state index in [2.05, 4.69) is 32.9 Å². The predicted octanol–water partition coefficient (Wildman–Crippen LogP) is 3.96. The predicted molar refractivity (Wildman–Crippen MR) is 127 cm³/mol. The Balaban J connectivity index is 1.59. The van der Waals surface area contributed by atoms with Crippen LogP contribution < -0.4 is 21.3 Å². The third-order valence-corrected chi connectivity index (χ3v) is 5.13. The van der Waals surface area contributed by atoms with Crippen molar-refractivity contribution in [2.24, 2.45) is 10.8 Å². The van der Waals surface area contributed by atoms with Crippen LogP contribution in [-0.2, 0) is 6.54 Å². The van der Waals surface area contributed by atoms with Crippen LogP contribution in [-0.4, -0.2) is 24.3 Å². The van der Waals surface area contributed by atoms with Crippen molar-refractivity contribution in [3.05, 3.63) is 90.3 Å². The first-order valence-corrected chi connectivity index (χ1v) is 10.1. The second-order valence-electron chi connectivity index (χ2n) is 7.08. The van der Waals surface area contributed by atoms with Gasteiger partial charge in [-0.3, -0.25) is 9.78 Å². The van der Waals surface area contributed by atoms with E-state index < -0.39 is 0 Å². The molecule has 32 heavy (non-hydrogen) atoms. The molecule has 0 aliphatic carbocycles. The van der Waals surface area contributed by atoms with E-state index in [1.165, 1.54) is 6.34 Å². The van der Waals surface area contributed by atoms with Gasteiger partial charge < -0.3 is 15.5 Å². The first kappa shape index (κ1) is 21.0. The molecule has 0 saturated carbocycles. The number of carbonyl (C=O) groups excluding carboxylic acids is 1. The number of amides is 1. The molecule has 160 valence electrons. The summed E-state index contributed by atoms with van der Waals surface area (Å²) in [5.41, 5.74) is 6.62. The molecular weight excluding hydrogens is 402 g/mol. The van der Waals surface area contributed by atoms with Gasteiger partial charge in [0.15, 0.2) is 0 Å². The summed E-state index contributed by atoms with van der Waals surface area (Å²) in [4.78, 5) is 21.1. The number of hydrogen-bond donors (Lipinski definition) is 3. The minimum Gasteiger partial charge on any atom is -0.497 e. The number of hydrogen-bond acceptors (Lipinski definition) is 5. The van der Waals surface area contributed by atoms with E-state index in [1.807, 2.05) is 36.5 Å². The number of nitrogens with one attached hydrogen (secondary N) is 2. The summed E-state index contributed by atoms with van der Waals surface area (Å²) in [6.45, 7) is 0.372. The van der Waals surface area contributed by atoms with Gasteiger partial charge >= 0.3 is 0 Å². The second-order valence-corrected chi connectivity index (χ2v) is 7.08. The van der Waals surface area contributed by atoms with Crippen molar-refractivity contribution >= 4 is 28.7 Å². The molecule has 4 aromatic rings. The fourth-order valence-corrected chi connectivity index (χ4v) is 3.56. The van der Waals surface area contributed by atoms with E-state index in [9.17, 15) is 4.79 Å². The van der Waals surface area contributed by atoms with E-state index in [-0.39, 0.29) is 5.91 Å². The van der Waals surface area contributed by atoms with Crippen molar-refractivity contribution in [2.45, 2.75) is 6.54 Å². The van der Waals surface area contributed by atoms with Gasteiger partial charge in [0.05, 0.1) is 12.8 Å². The van der Waals surface area contributed by atoms with Crippen molar-refractivity contribution in [3.63, 3.8) is 0 Å². The van der Waals surface area contributed by atoms with Crippen molar-refractivity contribution in [1.29, 1.82) is 0 Å². The lowest BCUT2D eigenvalue weighted by atomic mass is 9.96. The molecule has 0 aliphatic heterocycles. The van der Waals surface area contributed by atoms with Gasteiger partial charge in [-0.05, 0) is 58.5 Å². The van der Waals surface area contributed by atoms with Crippen molar-refractivity contribution in [2.75, 3.05) is 7.11 Å². The molecule has 0 aliphatic rings. The summed E-state index contributed by atoms with van der Waals surface area (Å²) in [5, 5.41) is 5.04. The molecule has 7 nitrogen and oxygen atoms in total. The van der Waals surface area contributed by atoms with Gasteiger partial charge in [-0.15, -0.1) is 0 Å². The highest BCUT2D eigenvalue weighted by molar-refractivity contribution is 5.99. The van der Waals surface area contributed by atoms with Crippen LogP contribution in [0.2, 0.25) is 0 Å². The number of nitrogens with zero attached hydrogens (tertiary/aromatic N) is 2. The van der Waals surface area contributed by atoms with E-state index in [4.69, 9.17) is 10.6 Å². The molecule has 1 amide bonds. The third kappa shape index (κ3) is 4.58. The largest absolute Gasteiger partial charge is 0.497 e. The highest BCUT2D eigenvalue weighted by atomic mass is 16.5. The lowest BCUT2D eigenvalue weighted by Gasteiger charge is -2.13. The van der Waals surface area contributed by atoms with Crippen LogP contribution in [0.4, 0.5) is 5.69 Å². The van der Waals surface area contributed by atoms with Gasteiger partial charge in [0, 0.05) is 29.9 Å². The number of nitrogens with two attached hydrogens (primary N) is 1. The Kier molecular flexibility index (Phi) is 6.38. The Morgan fingerprint density at radius 1 is 1.09 bits per heavy atom. The number of fused-ring (bicyclic) bond motifs is 1. The standard InChI is InChI=1S/C25H23N5O2/c1-32-21-7-3-4-17(13-21)22-9-8-19(24-15-27-11-10-23(22)24)14-28-25(31)18-5-2-6-20(12-18)29-16-30-26/h2-13,15-16H,14,26H2,1H3,(H,28,31)(H,29,30). The average molecular weight is 425 g/mol. The smallest absolute Gasteiger partial charge is 0.251 e. The molecule has 3 aromatic carbocycles. The first-order valence-electron chi connectivity index (χ1n) is 10.1. The molecule has 1 aromatic heterocycles. The van der Waals surface area contributed by atoms with Crippen molar-refractivity contribution < 1.29 is 9.53 Å². The Morgan fingerprint density at radius 3 is 2.81 bits per heavy atom. The second kappa shape index (κ2) is 9.72. The maximum absolute atomic E-state index is 12.7. The molecule has 4 N–H and O–H groups in total. The minimum absolute atomic E-state index is 0.184. The van der Waals surface area contributed by atoms with Gasteiger partial charge in [0.1, 0.15) is 12.1 Å². The molecule has 4 rings (SSSR count). The van der Waals surface area contributed by atoms with Gasteiger partial charge in [0.2, 0.25) is 0 Å². The molecule has 0 unspecified atom stereocenters. The summed E-state index contributed by atoms with van der Waals surface area (Å²) < 4.78 is 5.37. The molecule has 0 atom stereocenters. The van der Waals surface area contributed by atoms with Gasteiger partial charge in [-0.25, -0.2) is 10.8 Å². The van der Waals surface area contributed by atoms with Crippen LogP contribution >= 0.6 is 0 Å². The Labute approximate surface area is 185 Å². The zero-order valence-corrected chi connectivity index (χ0v) is 17.6. The number of benzene rings is 3. The van der Waals surface area contributed by atoms with Crippen LogP contribution in [0.5, 0.6) is 5.75 Å². The number of pyridine rings is 1. The molecule has 7 heteroatoms. The molecule has 0 saturated heterocycles. The number of methoxy groups -OCH3 is 1. The number of hydrazine groups is 1. The maximum atomic E-state index is 12.7. The number of aromatic nitrogens is 1.